The Kier molecular flexibility index (Phi) is 6.68. The van der Waals surface area contributed by atoms with Gasteiger partial charge in [0.25, 0.3) is 5.91 Å². The van der Waals surface area contributed by atoms with Crippen LogP contribution < -0.4 is 4.90 Å². The minimum atomic E-state index is -1.01. The van der Waals surface area contributed by atoms with Gasteiger partial charge in [0.15, 0.2) is 0 Å². The van der Waals surface area contributed by atoms with Gasteiger partial charge in [-0.1, -0.05) is 48.5 Å². The van der Waals surface area contributed by atoms with Crippen LogP contribution in [0.3, 0.4) is 0 Å². The number of aliphatic carboxylic acids is 1. The van der Waals surface area contributed by atoms with Crippen molar-refractivity contribution >= 4 is 35.2 Å². The van der Waals surface area contributed by atoms with Gasteiger partial charge in [-0.05, 0) is 56.4 Å². The molecular weight excluding hydrogens is 500 g/mol. The van der Waals surface area contributed by atoms with Crippen LogP contribution in [0.15, 0.2) is 61.2 Å². The van der Waals surface area contributed by atoms with Gasteiger partial charge in [-0.2, -0.15) is 0 Å². The fraction of sp³-hybridized carbons (Fsp3) is 0.433. The quantitative estimate of drug-likeness (QED) is 0.495. The van der Waals surface area contributed by atoms with Gasteiger partial charge in [-0.25, -0.2) is 0 Å². The number of thioether (sulfide) groups is 1. The molecule has 3 saturated heterocycles. The van der Waals surface area contributed by atoms with Crippen molar-refractivity contribution in [3.8, 4) is 0 Å². The number of hydrogen-bond acceptors (Lipinski definition) is 5. The molecule has 5 rings (SSSR count). The highest BCUT2D eigenvalue weighted by atomic mass is 32.2. The van der Waals surface area contributed by atoms with Gasteiger partial charge in [-0.3, -0.25) is 14.4 Å². The summed E-state index contributed by atoms with van der Waals surface area (Å²) >= 11 is 1.50. The summed E-state index contributed by atoms with van der Waals surface area (Å²) in [6, 6.07) is 13.4. The smallest absolute Gasteiger partial charge is 0.308 e. The van der Waals surface area contributed by atoms with E-state index in [1.807, 2.05) is 69.3 Å². The number of fused-ring (bicyclic) bond motifs is 1. The van der Waals surface area contributed by atoms with E-state index < -0.39 is 39.4 Å². The Morgan fingerprint density at radius 2 is 1.92 bits per heavy atom. The maximum Gasteiger partial charge on any atom is 0.308 e. The maximum absolute atomic E-state index is 14.8. The van der Waals surface area contributed by atoms with Crippen LogP contribution in [0.5, 0.6) is 0 Å². The molecule has 2 unspecified atom stereocenters. The Morgan fingerprint density at radius 1 is 1.21 bits per heavy atom. The Labute approximate surface area is 227 Å². The van der Waals surface area contributed by atoms with Crippen molar-refractivity contribution in [2.45, 2.75) is 55.2 Å². The lowest BCUT2D eigenvalue weighted by atomic mass is 9.66. The monoisotopic (exact) mass is 534 g/mol. The number of aliphatic hydroxyl groups excluding tert-OH is 1. The van der Waals surface area contributed by atoms with Crippen LogP contribution in [0, 0.1) is 25.7 Å². The molecule has 200 valence electrons. The molecule has 2 bridgehead atoms. The molecule has 6 atom stereocenters. The van der Waals surface area contributed by atoms with Crippen molar-refractivity contribution in [1.29, 1.82) is 0 Å². The van der Waals surface area contributed by atoms with Crippen LogP contribution in [-0.4, -0.2) is 61.6 Å². The third kappa shape index (κ3) is 3.80. The van der Waals surface area contributed by atoms with Crippen molar-refractivity contribution in [3.63, 3.8) is 0 Å². The molecule has 3 aliphatic heterocycles. The second-order valence-electron chi connectivity index (χ2n) is 10.9. The number of nitrogens with zero attached hydrogens (tertiary/aromatic N) is 2. The van der Waals surface area contributed by atoms with E-state index in [4.69, 9.17) is 0 Å². The van der Waals surface area contributed by atoms with Crippen LogP contribution in [0.2, 0.25) is 0 Å². The van der Waals surface area contributed by atoms with Crippen LogP contribution in [0.1, 0.15) is 42.5 Å². The van der Waals surface area contributed by atoms with E-state index in [1.54, 1.807) is 11.0 Å². The number of rotatable bonds is 8. The number of benzene rings is 2. The van der Waals surface area contributed by atoms with Gasteiger partial charge in [0.2, 0.25) is 5.91 Å². The zero-order valence-corrected chi connectivity index (χ0v) is 22.8. The first kappa shape index (κ1) is 26.5. The zero-order chi connectivity index (χ0) is 27.4. The van der Waals surface area contributed by atoms with Crippen molar-refractivity contribution in [2.24, 2.45) is 11.8 Å². The lowest BCUT2D eigenvalue weighted by Crippen LogP contribution is -2.56. The number of carbonyl (C=O) groups excluding carboxylic acids is 2. The number of likely N-dealkylation sites (tertiary alicyclic amines) is 1. The van der Waals surface area contributed by atoms with Gasteiger partial charge >= 0.3 is 5.97 Å². The first-order valence-corrected chi connectivity index (χ1v) is 13.8. The molecule has 2 N–H and O–H groups in total. The zero-order valence-electron chi connectivity index (χ0n) is 22.0. The molecule has 2 amide bonds. The molecule has 3 heterocycles. The largest absolute Gasteiger partial charge is 0.481 e. The summed E-state index contributed by atoms with van der Waals surface area (Å²) in [6.45, 7) is 9.55. The standard InChI is InChI=1S/C30H34N2O5S/c1-5-15-31(21-16-18(2)11-12-19(21)3)27(35)25-30-14-13-29(4,38-30)24(28(36)37)23(30)26(34)32(25)22(17-33)20-9-7-6-8-10-20/h5-12,16,22-25,33H,1,13-15,17H2,2-4H3,(H,36,37)/t22-,23+,24-,25?,29+,30?/m1/s1. The Bertz CT molecular complexity index is 1300. The van der Waals surface area contributed by atoms with Crippen molar-refractivity contribution < 1.29 is 24.6 Å². The normalized spacial score (nSPS) is 30.3. The first-order valence-electron chi connectivity index (χ1n) is 13.0. The van der Waals surface area contributed by atoms with Crippen LogP contribution >= 0.6 is 11.8 Å². The fourth-order valence-corrected chi connectivity index (χ4v) is 9.31. The number of carboxylic acid groups (broad SMARTS) is 1. The molecule has 38 heavy (non-hydrogen) atoms. The highest BCUT2D eigenvalue weighted by Crippen LogP contribution is 2.72. The van der Waals surface area contributed by atoms with Gasteiger partial charge in [0.05, 0.1) is 29.2 Å². The van der Waals surface area contributed by atoms with E-state index in [1.165, 1.54) is 16.7 Å². The third-order valence-corrected chi connectivity index (χ3v) is 10.6. The molecule has 8 heteroatoms. The Morgan fingerprint density at radius 3 is 2.55 bits per heavy atom. The molecule has 0 aliphatic carbocycles. The van der Waals surface area contributed by atoms with Crippen LogP contribution in [0.4, 0.5) is 5.69 Å². The van der Waals surface area contributed by atoms with Crippen molar-refractivity contribution in [1.82, 2.24) is 4.90 Å². The molecule has 3 aliphatic rings. The summed E-state index contributed by atoms with van der Waals surface area (Å²) in [6.07, 6.45) is 2.83. The van der Waals surface area contributed by atoms with Gasteiger partial charge in [0, 0.05) is 17.0 Å². The summed E-state index contributed by atoms with van der Waals surface area (Å²) in [5, 5.41) is 20.9. The molecule has 7 nitrogen and oxygen atoms in total. The average Bonchev–Trinajstić information content (AvgIpc) is 3.46. The number of aryl methyl sites for hydroxylation is 2. The molecular formula is C30H34N2O5S. The molecule has 1 spiro atoms. The average molecular weight is 535 g/mol. The van der Waals surface area contributed by atoms with E-state index in [0.717, 1.165) is 16.8 Å². The summed E-state index contributed by atoms with van der Waals surface area (Å²) in [7, 11) is 0. The van der Waals surface area contributed by atoms with Crippen molar-refractivity contribution in [3.05, 3.63) is 77.9 Å². The first-order chi connectivity index (χ1) is 18.1. The van der Waals surface area contributed by atoms with Crippen LogP contribution in [-0.2, 0) is 14.4 Å². The summed E-state index contributed by atoms with van der Waals surface area (Å²) in [5.74, 6) is -3.40. The van der Waals surface area contributed by atoms with Gasteiger partial charge in [-0.15, -0.1) is 18.3 Å². The van der Waals surface area contributed by atoms with E-state index in [-0.39, 0.29) is 25.0 Å². The van der Waals surface area contributed by atoms with E-state index >= 15 is 0 Å². The van der Waals surface area contributed by atoms with E-state index in [0.29, 0.717) is 18.4 Å². The predicted octanol–water partition coefficient (Wildman–Crippen LogP) is 4.12. The van der Waals surface area contributed by atoms with E-state index in [9.17, 15) is 24.6 Å². The highest BCUT2D eigenvalue weighted by molar-refractivity contribution is 8.02. The topological polar surface area (TPSA) is 98.2 Å². The second-order valence-corrected chi connectivity index (χ2v) is 12.8. The lowest BCUT2D eigenvalue weighted by Gasteiger charge is -2.40. The minimum Gasteiger partial charge on any atom is -0.481 e. The minimum absolute atomic E-state index is 0.238. The number of carbonyl (C=O) groups is 3. The van der Waals surface area contributed by atoms with Gasteiger partial charge < -0.3 is 20.0 Å². The lowest BCUT2D eigenvalue weighted by molar-refractivity contribution is -0.150. The number of anilines is 1. The fourth-order valence-electron chi connectivity index (χ4n) is 6.98. The molecule has 0 aromatic heterocycles. The van der Waals surface area contributed by atoms with E-state index in [2.05, 4.69) is 6.58 Å². The molecule has 3 fully saturated rings. The number of amides is 2. The van der Waals surface area contributed by atoms with Crippen molar-refractivity contribution in [2.75, 3.05) is 18.1 Å². The number of hydrogen-bond donors (Lipinski definition) is 2. The summed E-state index contributed by atoms with van der Waals surface area (Å²) < 4.78 is -1.54. The van der Waals surface area contributed by atoms with Crippen LogP contribution in [0.25, 0.3) is 0 Å². The Balaban J connectivity index is 1.70. The SMILES string of the molecule is C=CCN(C(=O)C1N([C@H](CO)c2ccccc2)C(=O)[C@@H]2[C@H](C(=O)O)[C@]3(C)CCC12S3)c1cc(C)ccc1C. The summed E-state index contributed by atoms with van der Waals surface area (Å²) in [5.41, 5.74) is 3.35. The maximum atomic E-state index is 14.8. The molecule has 0 radical (unpaired) electrons. The summed E-state index contributed by atoms with van der Waals surface area (Å²) in [4.78, 5) is 44.8. The van der Waals surface area contributed by atoms with Gasteiger partial charge in [0.1, 0.15) is 6.04 Å². The molecule has 0 saturated carbocycles. The third-order valence-electron chi connectivity index (χ3n) is 8.64. The number of carboxylic acids is 1. The highest BCUT2D eigenvalue weighted by Gasteiger charge is 2.78. The number of aliphatic hydroxyl groups is 1. The molecule has 2 aromatic carbocycles. The molecule has 2 aromatic rings. The Hall–Kier alpha value is -3.10. The second kappa shape index (κ2) is 9.58. The predicted molar refractivity (Wildman–Crippen MR) is 148 cm³/mol.